The summed E-state index contributed by atoms with van der Waals surface area (Å²) in [4.78, 5) is 12.5. The third-order valence-corrected chi connectivity index (χ3v) is 6.40. The minimum absolute atomic E-state index is 0.0261. The summed E-state index contributed by atoms with van der Waals surface area (Å²) in [5.74, 6) is 0.960. The van der Waals surface area contributed by atoms with Crippen molar-refractivity contribution >= 4 is 17.3 Å². The summed E-state index contributed by atoms with van der Waals surface area (Å²) in [6.45, 7) is 0. The third kappa shape index (κ3) is 3.93. The number of phenolic OH excluding ortho intramolecular Hbond substituents is 1. The maximum atomic E-state index is 12.5. The smallest absolute Gasteiger partial charge is 0.224 e. The number of benzene rings is 3. The van der Waals surface area contributed by atoms with Gasteiger partial charge in [0, 0.05) is 29.3 Å². The van der Waals surface area contributed by atoms with Gasteiger partial charge in [-0.15, -0.1) is 0 Å². The van der Waals surface area contributed by atoms with Crippen LogP contribution in [0.1, 0.15) is 41.5 Å². The number of aromatic hydroxyl groups is 1. The molecular weight excluding hydrogens is 384 g/mol. The third-order valence-electron chi connectivity index (χ3n) is 6.40. The Hall–Kier alpha value is -3.53. The van der Waals surface area contributed by atoms with Crippen molar-refractivity contribution in [3.63, 3.8) is 0 Å². The van der Waals surface area contributed by atoms with E-state index in [9.17, 15) is 9.90 Å². The van der Waals surface area contributed by atoms with E-state index in [-0.39, 0.29) is 17.9 Å². The van der Waals surface area contributed by atoms with E-state index in [0.29, 0.717) is 18.1 Å². The van der Waals surface area contributed by atoms with Gasteiger partial charge in [0.05, 0.1) is 6.04 Å². The standard InChI is InChI=1S/C27H26N2O2/c30-25-12-5-4-9-22(25)27-21-11-6-10-20(21)23-17-19(14-15-24(23)29-27)28-26(31)16-13-18-7-2-1-3-8-18/h1-10,12,14-15,17,20-21,27,29-30H,11,13,16H2,(H,28,31). The van der Waals surface area contributed by atoms with Crippen molar-refractivity contribution in [3.8, 4) is 5.75 Å². The zero-order valence-electron chi connectivity index (χ0n) is 17.3. The minimum Gasteiger partial charge on any atom is -0.508 e. The van der Waals surface area contributed by atoms with Crippen molar-refractivity contribution in [2.75, 3.05) is 10.6 Å². The molecule has 3 atom stereocenters. The summed E-state index contributed by atoms with van der Waals surface area (Å²) in [7, 11) is 0. The lowest BCUT2D eigenvalue weighted by atomic mass is 9.76. The lowest BCUT2D eigenvalue weighted by Gasteiger charge is -2.38. The van der Waals surface area contributed by atoms with Gasteiger partial charge in [0.2, 0.25) is 5.91 Å². The number of fused-ring (bicyclic) bond motifs is 3. The number of rotatable bonds is 5. The van der Waals surface area contributed by atoms with Crippen LogP contribution in [0, 0.1) is 5.92 Å². The van der Waals surface area contributed by atoms with Crippen LogP contribution < -0.4 is 10.6 Å². The number of hydrogen-bond acceptors (Lipinski definition) is 3. The maximum Gasteiger partial charge on any atom is 0.224 e. The molecule has 0 saturated heterocycles. The molecular formula is C27H26N2O2. The largest absolute Gasteiger partial charge is 0.508 e. The van der Waals surface area contributed by atoms with Crippen molar-refractivity contribution in [1.29, 1.82) is 0 Å². The second-order valence-corrected chi connectivity index (χ2v) is 8.37. The van der Waals surface area contributed by atoms with Crippen LogP contribution in [0.15, 0.2) is 84.9 Å². The van der Waals surface area contributed by atoms with E-state index in [4.69, 9.17) is 0 Å². The zero-order chi connectivity index (χ0) is 21.2. The van der Waals surface area contributed by atoms with Crippen LogP contribution in [0.5, 0.6) is 5.75 Å². The highest BCUT2D eigenvalue weighted by Crippen LogP contribution is 2.51. The number of phenols is 1. The Kier molecular flexibility index (Phi) is 5.21. The monoisotopic (exact) mass is 410 g/mol. The number of amides is 1. The average molecular weight is 411 g/mol. The first kappa shape index (κ1) is 19.4. The number of aryl methyl sites for hydroxylation is 1. The van der Waals surface area contributed by atoms with Crippen LogP contribution in [-0.2, 0) is 11.2 Å². The first-order chi connectivity index (χ1) is 15.2. The molecule has 1 aliphatic heterocycles. The van der Waals surface area contributed by atoms with Crippen LogP contribution in [0.4, 0.5) is 11.4 Å². The summed E-state index contributed by atoms with van der Waals surface area (Å²) in [5.41, 5.74) is 5.19. The summed E-state index contributed by atoms with van der Waals surface area (Å²) in [6.07, 6.45) is 6.64. The lowest BCUT2D eigenvalue weighted by molar-refractivity contribution is -0.116. The van der Waals surface area contributed by atoms with Crippen LogP contribution in [0.25, 0.3) is 0 Å². The zero-order valence-corrected chi connectivity index (χ0v) is 17.3. The van der Waals surface area contributed by atoms with E-state index in [1.165, 1.54) is 11.1 Å². The van der Waals surface area contributed by atoms with Crippen molar-refractivity contribution in [2.45, 2.75) is 31.2 Å². The highest BCUT2D eigenvalue weighted by molar-refractivity contribution is 5.91. The molecule has 0 spiro atoms. The Morgan fingerprint density at radius 2 is 1.81 bits per heavy atom. The lowest BCUT2D eigenvalue weighted by Crippen LogP contribution is -2.29. The van der Waals surface area contributed by atoms with Gasteiger partial charge < -0.3 is 15.7 Å². The Labute approximate surface area is 182 Å². The van der Waals surface area contributed by atoms with Gasteiger partial charge in [0.1, 0.15) is 5.75 Å². The molecule has 3 N–H and O–H groups in total. The Balaban J connectivity index is 1.34. The molecule has 4 heteroatoms. The molecule has 5 rings (SSSR count). The van der Waals surface area contributed by atoms with Crippen molar-refractivity contribution in [2.24, 2.45) is 5.92 Å². The van der Waals surface area contributed by atoms with Gasteiger partial charge in [-0.05, 0) is 54.2 Å². The van der Waals surface area contributed by atoms with Crippen molar-refractivity contribution in [1.82, 2.24) is 0 Å². The average Bonchev–Trinajstić information content (AvgIpc) is 3.29. The Morgan fingerprint density at radius 3 is 2.65 bits per heavy atom. The topological polar surface area (TPSA) is 61.4 Å². The minimum atomic E-state index is 0.0261. The highest BCUT2D eigenvalue weighted by Gasteiger charge is 2.38. The Bertz CT molecular complexity index is 1120. The summed E-state index contributed by atoms with van der Waals surface area (Å²) >= 11 is 0. The van der Waals surface area contributed by atoms with Gasteiger partial charge in [-0.25, -0.2) is 0 Å². The van der Waals surface area contributed by atoms with Gasteiger partial charge in [-0.3, -0.25) is 4.79 Å². The van der Waals surface area contributed by atoms with Crippen LogP contribution in [0.2, 0.25) is 0 Å². The van der Waals surface area contributed by atoms with Crippen molar-refractivity contribution < 1.29 is 9.90 Å². The van der Waals surface area contributed by atoms with Gasteiger partial charge in [-0.1, -0.05) is 60.7 Å². The van der Waals surface area contributed by atoms with Gasteiger partial charge in [0.15, 0.2) is 0 Å². The van der Waals surface area contributed by atoms with Crippen molar-refractivity contribution in [3.05, 3.63) is 102 Å². The van der Waals surface area contributed by atoms with E-state index in [2.05, 4.69) is 28.9 Å². The SMILES string of the molecule is O=C(CCc1ccccc1)Nc1ccc2c(c1)C1C=CCC1C(c1ccccc1O)N2. The number of para-hydroxylation sites is 1. The molecule has 3 unspecified atom stereocenters. The molecule has 1 amide bonds. The fraction of sp³-hybridized carbons (Fsp3) is 0.222. The molecule has 156 valence electrons. The number of carbonyl (C=O) groups excluding carboxylic acids is 1. The molecule has 1 aliphatic carbocycles. The number of nitrogens with one attached hydrogen (secondary N) is 2. The fourth-order valence-corrected chi connectivity index (χ4v) is 4.86. The number of allylic oxidation sites excluding steroid dienone is 2. The molecule has 31 heavy (non-hydrogen) atoms. The van der Waals surface area contributed by atoms with E-state index in [1.54, 1.807) is 6.07 Å². The van der Waals surface area contributed by atoms with Gasteiger partial charge in [-0.2, -0.15) is 0 Å². The van der Waals surface area contributed by atoms with E-state index >= 15 is 0 Å². The molecule has 0 bridgehead atoms. The van der Waals surface area contributed by atoms with Crippen LogP contribution in [0.3, 0.4) is 0 Å². The number of carbonyl (C=O) groups is 1. The summed E-state index contributed by atoms with van der Waals surface area (Å²) in [5, 5.41) is 17.1. The fourth-order valence-electron chi connectivity index (χ4n) is 4.86. The number of hydrogen-bond donors (Lipinski definition) is 3. The predicted octanol–water partition coefficient (Wildman–Crippen LogP) is 5.79. The second-order valence-electron chi connectivity index (χ2n) is 8.37. The quantitative estimate of drug-likeness (QED) is 0.467. The number of anilines is 2. The van der Waals surface area contributed by atoms with E-state index in [1.807, 2.05) is 60.7 Å². The normalized spacial score (nSPS) is 21.1. The van der Waals surface area contributed by atoms with Gasteiger partial charge in [0.25, 0.3) is 0 Å². The maximum absolute atomic E-state index is 12.5. The van der Waals surface area contributed by atoms with E-state index in [0.717, 1.165) is 29.8 Å². The molecule has 1 heterocycles. The molecule has 4 nitrogen and oxygen atoms in total. The summed E-state index contributed by atoms with van der Waals surface area (Å²) < 4.78 is 0. The van der Waals surface area contributed by atoms with E-state index < -0.39 is 0 Å². The molecule has 2 aliphatic rings. The first-order valence-corrected chi connectivity index (χ1v) is 10.9. The molecule has 3 aromatic rings. The highest BCUT2D eigenvalue weighted by atomic mass is 16.3. The predicted molar refractivity (Wildman–Crippen MR) is 124 cm³/mol. The first-order valence-electron chi connectivity index (χ1n) is 10.9. The Morgan fingerprint density at radius 1 is 1.00 bits per heavy atom. The van der Waals surface area contributed by atoms with Crippen LogP contribution >= 0.6 is 0 Å². The molecule has 3 aromatic carbocycles. The van der Waals surface area contributed by atoms with Crippen LogP contribution in [-0.4, -0.2) is 11.0 Å². The molecule has 0 aromatic heterocycles. The molecule has 0 saturated carbocycles. The summed E-state index contributed by atoms with van der Waals surface area (Å²) in [6, 6.07) is 23.8. The van der Waals surface area contributed by atoms with Gasteiger partial charge >= 0.3 is 0 Å². The second kappa shape index (κ2) is 8.31. The molecule has 0 fully saturated rings. The molecule has 0 radical (unpaired) electrons.